The summed E-state index contributed by atoms with van der Waals surface area (Å²) in [5, 5.41) is 0. The van der Waals surface area contributed by atoms with E-state index in [0.29, 0.717) is 0 Å². The van der Waals surface area contributed by atoms with Gasteiger partial charge in [-0.3, -0.25) is 0 Å². The molecule has 0 aromatic heterocycles. The van der Waals surface area contributed by atoms with Gasteiger partial charge in [-0.1, -0.05) is 0 Å². The third-order valence-corrected chi connectivity index (χ3v) is 0. The Kier molecular flexibility index (Phi) is 100. The topological polar surface area (TPSA) is 0 Å². The molecule has 0 aliphatic carbocycles. The molecule has 0 saturated heterocycles. The molecule has 0 amide bonds. The molecule has 0 nitrogen and oxygen atoms in total. The Balaban J connectivity index is 0. The normalized spacial score (nSPS) is 0. The summed E-state index contributed by atoms with van der Waals surface area (Å²) in [7, 11) is 0. The van der Waals surface area contributed by atoms with Gasteiger partial charge in [0.25, 0.3) is 0 Å². The van der Waals surface area contributed by atoms with Gasteiger partial charge in [-0.15, -0.1) is 0 Å². The van der Waals surface area contributed by atoms with Crippen LogP contribution in [-0.2, 0) is 17.1 Å². The van der Waals surface area contributed by atoms with E-state index in [9.17, 15) is 0 Å². The van der Waals surface area contributed by atoms with Crippen molar-refractivity contribution in [1.29, 1.82) is 0 Å². The number of hydrogen-bond acceptors (Lipinski definition) is 0. The van der Waals surface area contributed by atoms with Gasteiger partial charge in [-0.05, 0) is 0 Å². The zero-order chi connectivity index (χ0) is 0. The van der Waals surface area contributed by atoms with Crippen molar-refractivity contribution in [2.75, 3.05) is 0 Å². The van der Waals surface area contributed by atoms with E-state index < -0.39 is 0 Å². The van der Waals surface area contributed by atoms with Crippen molar-refractivity contribution in [3.63, 3.8) is 0 Å². The summed E-state index contributed by atoms with van der Waals surface area (Å²) in [4.78, 5) is 0. The molecular weight excluding hydrogens is 390 g/mol. The molecule has 4 heteroatoms. The predicted molar refractivity (Wildman–Crippen MR) is 5.75 cm³/mol. The summed E-state index contributed by atoms with van der Waals surface area (Å²) in [6.07, 6.45) is 0. The van der Waals surface area contributed by atoms with E-state index in [1.165, 1.54) is 0 Å². The van der Waals surface area contributed by atoms with Gasteiger partial charge < -0.3 is 0 Å². The minimum atomic E-state index is 0. The van der Waals surface area contributed by atoms with E-state index >= 15 is 0 Å². The van der Waals surface area contributed by atoms with Gasteiger partial charge in [0.05, 0.1) is 0 Å². The maximum absolute atomic E-state index is 0. The largest absolute Gasteiger partial charge is 0 e. The zero-order valence-electron chi connectivity index (χ0n) is 1.79. The molecule has 0 aliphatic heterocycles. The third kappa shape index (κ3) is 9.20. The van der Waals surface area contributed by atoms with Crippen molar-refractivity contribution in [2.24, 2.45) is 0 Å². The molecule has 6 radical (unpaired) electrons. The first kappa shape index (κ1) is 25.2. The molecule has 0 spiro atoms. The summed E-state index contributed by atoms with van der Waals surface area (Å²) in [5.41, 5.74) is 0. The van der Waals surface area contributed by atoms with Crippen LogP contribution in [0.25, 0.3) is 0 Å². The van der Waals surface area contributed by atoms with Crippen LogP contribution in [0.15, 0.2) is 0 Å². The van der Waals surface area contributed by atoms with Gasteiger partial charge in [0.1, 0.15) is 0 Å². The molecule has 0 aliphatic rings. The van der Waals surface area contributed by atoms with Crippen molar-refractivity contribution in [2.45, 2.75) is 0 Å². The van der Waals surface area contributed by atoms with Crippen LogP contribution >= 0.6 is 0 Å². The molecule has 0 unspecified atom stereocenters. The van der Waals surface area contributed by atoms with Crippen molar-refractivity contribution < 1.29 is 97.0 Å². The molecule has 0 rings (SSSR count). The third-order valence-electron chi connectivity index (χ3n) is 0. The van der Waals surface area contributed by atoms with Gasteiger partial charge in [0.2, 0.25) is 0 Å². The summed E-state index contributed by atoms with van der Waals surface area (Å²) in [5.74, 6) is 0. The van der Waals surface area contributed by atoms with Crippen LogP contribution in [0.3, 0.4) is 0 Å². The van der Waals surface area contributed by atoms with Crippen molar-refractivity contribution in [3.8, 4) is 0 Å². The van der Waals surface area contributed by atoms with Crippen molar-refractivity contribution in [1.82, 2.24) is 0 Å². The van der Waals surface area contributed by atoms with E-state index in [4.69, 9.17) is 0 Å². The van der Waals surface area contributed by atoms with Crippen LogP contribution in [0, 0.1) is 79.9 Å². The second-order valence-electron chi connectivity index (χ2n) is 0. The fraction of sp³-hybridized carbons (Fsp3) is 0. The zero-order valence-corrected chi connectivity index (χ0v) is 9.73. The van der Waals surface area contributed by atoms with Crippen molar-refractivity contribution >= 4 is 17.4 Å². The van der Waals surface area contributed by atoms with Gasteiger partial charge in [0.15, 0.2) is 0 Å². The Morgan fingerprint density at radius 3 is 1.00 bits per heavy atom. The molecule has 0 aromatic carbocycles. The van der Waals surface area contributed by atoms with E-state index in [1.54, 1.807) is 0 Å². The molecule has 0 saturated carbocycles. The van der Waals surface area contributed by atoms with Gasteiger partial charge in [-0.2, -0.15) is 0 Å². The Hall–Kier alpha value is 3.70. The molecule has 0 fully saturated rings. The Morgan fingerprint density at radius 2 is 1.00 bits per heavy atom. The van der Waals surface area contributed by atoms with E-state index in [2.05, 4.69) is 0 Å². The molecule has 26 valence electrons. The molecular formula is AlCuPrTb. The summed E-state index contributed by atoms with van der Waals surface area (Å²) < 4.78 is 0. The maximum atomic E-state index is 0. The maximum Gasteiger partial charge on any atom is 0 e. The monoisotopic (exact) mass is 390 g/mol. The van der Waals surface area contributed by atoms with Crippen molar-refractivity contribution in [3.05, 3.63) is 0 Å². The van der Waals surface area contributed by atoms with E-state index in [1.807, 2.05) is 0 Å². The van der Waals surface area contributed by atoms with Gasteiger partial charge in [-0.25, -0.2) is 0 Å². The summed E-state index contributed by atoms with van der Waals surface area (Å²) in [6, 6.07) is 0. The first-order chi connectivity index (χ1) is 0. The fourth-order valence-electron chi connectivity index (χ4n) is 0. The summed E-state index contributed by atoms with van der Waals surface area (Å²) >= 11 is 0. The first-order valence-electron chi connectivity index (χ1n) is 0. The Morgan fingerprint density at radius 1 is 1.00 bits per heavy atom. The van der Waals surface area contributed by atoms with Crippen LogP contribution < -0.4 is 0 Å². The number of hydrogen-bond donors (Lipinski definition) is 0. The SMILES string of the molecule is [Al].[Cu].[Pr].[Tb]. The molecule has 0 atom stereocenters. The minimum Gasteiger partial charge on any atom is 0 e. The fourth-order valence-corrected chi connectivity index (χ4v) is 0. The Labute approximate surface area is 111 Å². The predicted octanol–water partition coefficient (Wildman–Crippen LogP) is -0.383. The quantitative estimate of drug-likeness (QED) is 0.495. The van der Waals surface area contributed by atoms with Crippen LogP contribution in [-0.4, -0.2) is 17.4 Å². The molecule has 0 heterocycles. The smallest absolute Gasteiger partial charge is 0 e. The van der Waals surface area contributed by atoms with Crippen LogP contribution in [0.5, 0.6) is 0 Å². The Bertz CT molecular complexity index is 8.00. The number of rotatable bonds is 0. The molecule has 0 N–H and O–H groups in total. The summed E-state index contributed by atoms with van der Waals surface area (Å²) in [6.45, 7) is 0. The second-order valence-corrected chi connectivity index (χ2v) is 0. The van der Waals surface area contributed by atoms with Crippen LogP contribution in [0.4, 0.5) is 0 Å². The standard InChI is InChI=1S/Al.Cu.Pr.Tb. The van der Waals surface area contributed by atoms with E-state index in [0.717, 1.165) is 0 Å². The van der Waals surface area contributed by atoms with Gasteiger partial charge in [0, 0.05) is 114 Å². The average molecular weight is 390 g/mol. The first-order valence-corrected chi connectivity index (χ1v) is 0. The van der Waals surface area contributed by atoms with Crippen LogP contribution in [0.2, 0.25) is 0 Å². The molecule has 0 bridgehead atoms. The second kappa shape index (κ2) is 15.9. The molecule has 0 aromatic rings. The van der Waals surface area contributed by atoms with Crippen LogP contribution in [0.1, 0.15) is 0 Å². The van der Waals surface area contributed by atoms with E-state index in [-0.39, 0.29) is 114 Å². The van der Waals surface area contributed by atoms with Gasteiger partial charge >= 0.3 is 0 Å². The molecule has 4 heavy (non-hydrogen) atoms. The minimum absolute atomic E-state index is 0. The average Bonchev–Trinajstić information content (AvgIpc) is 0.